The number of amides is 1. The second-order valence-corrected chi connectivity index (χ2v) is 4.94. The van der Waals surface area contributed by atoms with Crippen LogP contribution in [0.4, 0.5) is 5.69 Å². The van der Waals surface area contributed by atoms with Gasteiger partial charge in [0.2, 0.25) is 5.91 Å². The smallest absolute Gasteiger partial charge is 0.228 e. The zero-order valence-corrected chi connectivity index (χ0v) is 11.2. The summed E-state index contributed by atoms with van der Waals surface area (Å²) in [7, 11) is 1.59. The van der Waals surface area contributed by atoms with Gasteiger partial charge >= 0.3 is 0 Å². The summed E-state index contributed by atoms with van der Waals surface area (Å²) in [5, 5.41) is 6.09. The SMILES string of the molecule is COc1ccc(Br)cc1NC(=O)C1CCNC1. The van der Waals surface area contributed by atoms with E-state index < -0.39 is 0 Å². The third-order valence-electron chi connectivity index (χ3n) is 2.85. The predicted molar refractivity (Wildman–Crippen MR) is 70.3 cm³/mol. The second kappa shape index (κ2) is 5.51. The van der Waals surface area contributed by atoms with Crippen molar-refractivity contribution in [2.24, 2.45) is 5.92 Å². The Morgan fingerprint density at radius 2 is 2.41 bits per heavy atom. The Morgan fingerprint density at radius 3 is 3.06 bits per heavy atom. The van der Waals surface area contributed by atoms with Crippen LogP contribution in [0.25, 0.3) is 0 Å². The molecule has 4 nitrogen and oxygen atoms in total. The van der Waals surface area contributed by atoms with Gasteiger partial charge in [0, 0.05) is 11.0 Å². The van der Waals surface area contributed by atoms with Crippen LogP contribution in [0.5, 0.6) is 5.75 Å². The Morgan fingerprint density at radius 1 is 1.59 bits per heavy atom. The summed E-state index contributed by atoms with van der Waals surface area (Å²) in [5.74, 6) is 0.776. The molecule has 2 rings (SSSR count). The molecule has 2 N–H and O–H groups in total. The summed E-state index contributed by atoms with van der Waals surface area (Å²) in [6.45, 7) is 1.66. The third kappa shape index (κ3) is 2.98. The summed E-state index contributed by atoms with van der Waals surface area (Å²) < 4.78 is 6.13. The first-order valence-electron chi connectivity index (χ1n) is 5.56. The number of rotatable bonds is 3. The monoisotopic (exact) mass is 298 g/mol. The molecule has 5 heteroatoms. The third-order valence-corrected chi connectivity index (χ3v) is 3.34. The van der Waals surface area contributed by atoms with Gasteiger partial charge in [-0.3, -0.25) is 4.79 Å². The molecule has 1 aliphatic heterocycles. The molecule has 0 spiro atoms. The van der Waals surface area contributed by atoms with E-state index >= 15 is 0 Å². The zero-order chi connectivity index (χ0) is 12.3. The summed E-state index contributed by atoms with van der Waals surface area (Å²) in [5.41, 5.74) is 0.707. The number of ether oxygens (including phenoxy) is 1. The first kappa shape index (κ1) is 12.4. The van der Waals surface area contributed by atoms with Gasteiger partial charge in [0.15, 0.2) is 0 Å². The largest absolute Gasteiger partial charge is 0.495 e. The molecule has 17 heavy (non-hydrogen) atoms. The molecule has 1 aromatic carbocycles. The molecule has 92 valence electrons. The van der Waals surface area contributed by atoms with Gasteiger partial charge in [-0.25, -0.2) is 0 Å². The highest BCUT2D eigenvalue weighted by Crippen LogP contribution is 2.28. The van der Waals surface area contributed by atoms with Crippen LogP contribution in [0.3, 0.4) is 0 Å². The molecule has 1 heterocycles. The Bertz CT molecular complexity index is 417. The van der Waals surface area contributed by atoms with Gasteiger partial charge in [-0.2, -0.15) is 0 Å². The van der Waals surface area contributed by atoms with Crippen LogP contribution < -0.4 is 15.4 Å². The molecule has 0 bridgehead atoms. The number of methoxy groups -OCH3 is 1. The van der Waals surface area contributed by atoms with E-state index in [0.717, 1.165) is 24.0 Å². The highest BCUT2D eigenvalue weighted by Gasteiger charge is 2.23. The van der Waals surface area contributed by atoms with Gasteiger partial charge in [-0.1, -0.05) is 15.9 Å². The number of carbonyl (C=O) groups is 1. The maximum atomic E-state index is 12.0. The Hall–Kier alpha value is -1.07. The molecular formula is C12H15BrN2O2. The quantitative estimate of drug-likeness (QED) is 0.897. The average Bonchev–Trinajstić information content (AvgIpc) is 2.83. The van der Waals surface area contributed by atoms with E-state index in [1.807, 2.05) is 18.2 Å². The van der Waals surface area contributed by atoms with Crippen LogP contribution >= 0.6 is 15.9 Å². The van der Waals surface area contributed by atoms with Crippen molar-refractivity contribution in [3.63, 3.8) is 0 Å². The van der Waals surface area contributed by atoms with E-state index in [-0.39, 0.29) is 11.8 Å². The summed E-state index contributed by atoms with van der Waals surface area (Å²) in [4.78, 5) is 12.0. The van der Waals surface area contributed by atoms with Gasteiger partial charge in [0.05, 0.1) is 18.7 Å². The van der Waals surface area contributed by atoms with Gasteiger partial charge in [-0.15, -0.1) is 0 Å². The van der Waals surface area contributed by atoms with Crippen molar-refractivity contribution in [3.8, 4) is 5.75 Å². The Labute approximate surface area is 109 Å². The number of hydrogen-bond acceptors (Lipinski definition) is 3. The summed E-state index contributed by atoms with van der Waals surface area (Å²) in [6.07, 6.45) is 0.891. The fourth-order valence-corrected chi connectivity index (χ4v) is 2.25. The van der Waals surface area contributed by atoms with Crippen LogP contribution in [-0.4, -0.2) is 26.1 Å². The lowest BCUT2D eigenvalue weighted by Gasteiger charge is -2.13. The topological polar surface area (TPSA) is 50.4 Å². The van der Waals surface area contributed by atoms with Crippen molar-refractivity contribution in [1.82, 2.24) is 5.32 Å². The average molecular weight is 299 g/mol. The standard InChI is InChI=1S/C12H15BrN2O2/c1-17-11-3-2-9(13)6-10(11)15-12(16)8-4-5-14-7-8/h2-3,6,8,14H,4-5,7H2,1H3,(H,15,16). The van der Waals surface area contributed by atoms with Crippen LogP contribution in [0.1, 0.15) is 6.42 Å². The van der Waals surface area contributed by atoms with Gasteiger partial charge < -0.3 is 15.4 Å². The molecule has 0 aliphatic carbocycles. The predicted octanol–water partition coefficient (Wildman–Crippen LogP) is 2.01. The van der Waals surface area contributed by atoms with Crippen molar-refractivity contribution in [3.05, 3.63) is 22.7 Å². The number of nitrogens with one attached hydrogen (secondary N) is 2. The minimum absolute atomic E-state index is 0.0476. The molecule has 1 aromatic rings. The summed E-state index contributed by atoms with van der Waals surface area (Å²) >= 11 is 3.38. The molecule has 1 amide bonds. The molecule has 0 radical (unpaired) electrons. The van der Waals surface area contributed by atoms with E-state index in [9.17, 15) is 4.79 Å². The molecule has 1 unspecified atom stereocenters. The minimum atomic E-state index is 0.0476. The lowest BCUT2D eigenvalue weighted by Crippen LogP contribution is -2.24. The number of hydrogen-bond donors (Lipinski definition) is 2. The Kier molecular flexibility index (Phi) is 4.02. The van der Waals surface area contributed by atoms with Crippen LogP contribution in [0.2, 0.25) is 0 Å². The maximum Gasteiger partial charge on any atom is 0.228 e. The number of benzene rings is 1. The van der Waals surface area contributed by atoms with Crippen molar-refractivity contribution in [1.29, 1.82) is 0 Å². The number of halogens is 1. The molecule has 0 saturated carbocycles. The summed E-state index contributed by atoms with van der Waals surface area (Å²) in [6, 6.07) is 5.55. The zero-order valence-electron chi connectivity index (χ0n) is 9.63. The van der Waals surface area contributed by atoms with E-state index in [1.54, 1.807) is 7.11 Å². The lowest BCUT2D eigenvalue weighted by molar-refractivity contribution is -0.119. The second-order valence-electron chi connectivity index (χ2n) is 4.02. The van der Waals surface area contributed by atoms with Gasteiger partial charge in [-0.05, 0) is 31.2 Å². The number of carbonyl (C=O) groups excluding carboxylic acids is 1. The Balaban J connectivity index is 2.11. The lowest BCUT2D eigenvalue weighted by atomic mass is 10.1. The number of anilines is 1. The van der Waals surface area contributed by atoms with E-state index in [2.05, 4.69) is 26.6 Å². The molecule has 0 aromatic heterocycles. The van der Waals surface area contributed by atoms with Crippen LogP contribution in [-0.2, 0) is 4.79 Å². The fraction of sp³-hybridized carbons (Fsp3) is 0.417. The normalized spacial score (nSPS) is 19.1. The highest BCUT2D eigenvalue weighted by atomic mass is 79.9. The first-order valence-corrected chi connectivity index (χ1v) is 6.35. The van der Waals surface area contributed by atoms with Crippen molar-refractivity contribution >= 4 is 27.5 Å². The molecule has 1 atom stereocenters. The van der Waals surface area contributed by atoms with Gasteiger partial charge in [0.25, 0.3) is 0 Å². The minimum Gasteiger partial charge on any atom is -0.495 e. The van der Waals surface area contributed by atoms with Crippen LogP contribution in [0, 0.1) is 5.92 Å². The molecule has 1 fully saturated rings. The first-order chi connectivity index (χ1) is 8.20. The fourth-order valence-electron chi connectivity index (χ4n) is 1.89. The molecular weight excluding hydrogens is 284 g/mol. The van der Waals surface area contributed by atoms with Crippen molar-refractivity contribution in [2.75, 3.05) is 25.5 Å². The van der Waals surface area contributed by atoms with Crippen molar-refractivity contribution < 1.29 is 9.53 Å². The van der Waals surface area contributed by atoms with E-state index in [4.69, 9.17) is 4.74 Å². The maximum absolute atomic E-state index is 12.0. The molecule has 1 aliphatic rings. The van der Waals surface area contributed by atoms with E-state index in [1.165, 1.54) is 0 Å². The van der Waals surface area contributed by atoms with Crippen LogP contribution in [0.15, 0.2) is 22.7 Å². The highest BCUT2D eigenvalue weighted by molar-refractivity contribution is 9.10. The van der Waals surface area contributed by atoms with Gasteiger partial charge in [0.1, 0.15) is 5.75 Å². The van der Waals surface area contributed by atoms with E-state index in [0.29, 0.717) is 11.4 Å². The van der Waals surface area contributed by atoms with Crippen molar-refractivity contribution in [2.45, 2.75) is 6.42 Å². The molecule has 1 saturated heterocycles.